The molecule has 1 aromatic carbocycles. The van der Waals surface area contributed by atoms with E-state index in [2.05, 4.69) is 15.6 Å². The Kier molecular flexibility index (Phi) is 3.40. The highest BCUT2D eigenvalue weighted by atomic mass is 35.5. The van der Waals surface area contributed by atoms with E-state index < -0.39 is 0 Å². The second-order valence-corrected chi connectivity index (χ2v) is 6.00. The Morgan fingerprint density at radius 2 is 2.26 bits per heavy atom. The molecule has 1 aromatic heterocycles. The Bertz CT molecular complexity index is 587. The number of methoxy groups -OCH3 is 1. The lowest BCUT2D eigenvalue weighted by Gasteiger charge is -2.27. The maximum absolute atomic E-state index is 6.28. The van der Waals surface area contributed by atoms with E-state index in [4.69, 9.17) is 16.3 Å². The number of alkyl halides is 1. The summed E-state index contributed by atoms with van der Waals surface area (Å²) in [7, 11) is 1.68. The second-order valence-electron chi connectivity index (χ2n) is 5.35. The number of hydrogen-bond acceptors (Lipinski definition) is 2. The van der Waals surface area contributed by atoms with Crippen LogP contribution >= 0.6 is 11.6 Å². The maximum atomic E-state index is 6.28. The lowest BCUT2D eigenvalue weighted by atomic mass is 9.85. The van der Waals surface area contributed by atoms with Gasteiger partial charge >= 0.3 is 0 Å². The summed E-state index contributed by atoms with van der Waals surface area (Å²) in [6.45, 7) is 3.02. The highest BCUT2D eigenvalue weighted by Gasteiger charge is 2.22. The first-order chi connectivity index (χ1) is 9.19. The predicted octanol–water partition coefficient (Wildman–Crippen LogP) is 4.14. The molecule has 3 rings (SSSR count). The van der Waals surface area contributed by atoms with Crippen LogP contribution in [0.2, 0.25) is 0 Å². The minimum absolute atomic E-state index is 0.0709. The van der Waals surface area contributed by atoms with E-state index in [0.717, 1.165) is 35.1 Å². The Balaban J connectivity index is 2.06. The SMILES string of the molecule is COc1ccc2c(c1)nc(C(C)Cl)n2CC1CCC1. The fourth-order valence-corrected chi connectivity index (χ4v) is 2.85. The van der Waals surface area contributed by atoms with Crippen LogP contribution in [0.5, 0.6) is 5.75 Å². The normalized spacial score (nSPS) is 17.4. The quantitative estimate of drug-likeness (QED) is 0.786. The summed E-state index contributed by atoms with van der Waals surface area (Å²) in [5.74, 6) is 2.60. The lowest BCUT2D eigenvalue weighted by molar-refractivity contribution is 0.276. The van der Waals surface area contributed by atoms with Gasteiger partial charge in [0, 0.05) is 12.6 Å². The van der Waals surface area contributed by atoms with Gasteiger partial charge in [0.15, 0.2) is 0 Å². The average Bonchev–Trinajstić information content (AvgIpc) is 2.71. The molecule has 0 aliphatic heterocycles. The third kappa shape index (κ3) is 2.32. The minimum atomic E-state index is -0.0709. The molecule has 19 heavy (non-hydrogen) atoms. The molecule has 1 unspecified atom stereocenters. The number of aromatic nitrogens is 2. The topological polar surface area (TPSA) is 27.1 Å². The van der Waals surface area contributed by atoms with Crippen molar-refractivity contribution in [2.24, 2.45) is 5.92 Å². The predicted molar refractivity (Wildman–Crippen MR) is 77.9 cm³/mol. The standard InChI is InChI=1S/C15H19ClN2O/c1-10(16)15-17-13-8-12(19-2)6-7-14(13)18(15)9-11-4-3-5-11/h6-8,10-11H,3-5,9H2,1-2H3. The molecular weight excluding hydrogens is 260 g/mol. The fraction of sp³-hybridized carbons (Fsp3) is 0.533. The first-order valence-electron chi connectivity index (χ1n) is 6.87. The van der Waals surface area contributed by atoms with E-state index in [1.807, 2.05) is 19.1 Å². The summed E-state index contributed by atoms with van der Waals surface area (Å²) in [6.07, 6.45) is 4.01. The van der Waals surface area contributed by atoms with E-state index in [1.54, 1.807) is 7.11 Å². The van der Waals surface area contributed by atoms with Crippen LogP contribution in [0, 0.1) is 5.92 Å². The van der Waals surface area contributed by atoms with Gasteiger partial charge < -0.3 is 9.30 Å². The molecule has 0 radical (unpaired) electrons. The monoisotopic (exact) mass is 278 g/mol. The molecule has 1 atom stereocenters. The van der Waals surface area contributed by atoms with Crippen LogP contribution in [0.1, 0.15) is 37.4 Å². The van der Waals surface area contributed by atoms with Crippen molar-refractivity contribution in [1.29, 1.82) is 0 Å². The van der Waals surface area contributed by atoms with Crippen molar-refractivity contribution in [3.63, 3.8) is 0 Å². The highest BCUT2D eigenvalue weighted by molar-refractivity contribution is 6.20. The van der Waals surface area contributed by atoms with Crippen molar-refractivity contribution in [2.45, 2.75) is 38.1 Å². The van der Waals surface area contributed by atoms with E-state index in [-0.39, 0.29) is 5.38 Å². The van der Waals surface area contributed by atoms with Gasteiger partial charge in [-0.1, -0.05) is 6.42 Å². The van der Waals surface area contributed by atoms with Crippen LogP contribution in [0.3, 0.4) is 0 Å². The Hall–Kier alpha value is -1.22. The van der Waals surface area contributed by atoms with Crippen molar-refractivity contribution in [3.8, 4) is 5.75 Å². The molecule has 0 N–H and O–H groups in total. The number of rotatable bonds is 4. The number of hydrogen-bond donors (Lipinski definition) is 0. The van der Waals surface area contributed by atoms with Gasteiger partial charge in [-0.25, -0.2) is 4.98 Å². The molecule has 1 aliphatic rings. The fourth-order valence-electron chi connectivity index (χ4n) is 2.68. The summed E-state index contributed by atoms with van der Waals surface area (Å²) in [6, 6.07) is 6.06. The molecule has 1 fully saturated rings. The first-order valence-corrected chi connectivity index (χ1v) is 7.31. The van der Waals surface area contributed by atoms with E-state index in [9.17, 15) is 0 Å². The molecule has 3 nitrogen and oxygen atoms in total. The zero-order valence-electron chi connectivity index (χ0n) is 11.4. The first kappa shape index (κ1) is 12.8. The Morgan fingerprint density at radius 1 is 1.47 bits per heavy atom. The van der Waals surface area contributed by atoms with Crippen LogP contribution in [-0.4, -0.2) is 16.7 Å². The molecule has 0 spiro atoms. The summed E-state index contributed by atoms with van der Waals surface area (Å²) in [5.41, 5.74) is 2.14. The van der Waals surface area contributed by atoms with Gasteiger partial charge in [-0.15, -0.1) is 11.6 Å². The minimum Gasteiger partial charge on any atom is -0.497 e. The molecule has 1 heterocycles. The smallest absolute Gasteiger partial charge is 0.127 e. The molecule has 2 aromatic rings. The molecule has 1 aliphatic carbocycles. The van der Waals surface area contributed by atoms with E-state index in [1.165, 1.54) is 19.3 Å². The maximum Gasteiger partial charge on any atom is 0.127 e. The Labute approximate surface area is 118 Å². The van der Waals surface area contributed by atoms with Gasteiger partial charge in [0.05, 0.1) is 23.5 Å². The van der Waals surface area contributed by atoms with Crippen molar-refractivity contribution in [2.75, 3.05) is 7.11 Å². The van der Waals surface area contributed by atoms with Crippen LogP contribution < -0.4 is 4.74 Å². The molecule has 1 saturated carbocycles. The highest BCUT2D eigenvalue weighted by Crippen LogP contribution is 2.33. The number of benzene rings is 1. The molecular formula is C15H19ClN2O. The van der Waals surface area contributed by atoms with Gasteiger partial charge in [0.25, 0.3) is 0 Å². The van der Waals surface area contributed by atoms with Crippen molar-refractivity contribution >= 4 is 22.6 Å². The van der Waals surface area contributed by atoms with Gasteiger partial charge in [0.2, 0.25) is 0 Å². The van der Waals surface area contributed by atoms with Crippen molar-refractivity contribution in [1.82, 2.24) is 9.55 Å². The van der Waals surface area contributed by atoms with Crippen molar-refractivity contribution in [3.05, 3.63) is 24.0 Å². The van der Waals surface area contributed by atoms with Gasteiger partial charge in [-0.3, -0.25) is 0 Å². The van der Waals surface area contributed by atoms with Gasteiger partial charge in [-0.2, -0.15) is 0 Å². The van der Waals surface area contributed by atoms with E-state index in [0.29, 0.717) is 0 Å². The van der Waals surface area contributed by atoms with Crippen LogP contribution in [0.25, 0.3) is 11.0 Å². The summed E-state index contributed by atoms with van der Waals surface area (Å²) < 4.78 is 7.55. The molecule has 0 amide bonds. The van der Waals surface area contributed by atoms with Crippen LogP contribution in [-0.2, 0) is 6.54 Å². The van der Waals surface area contributed by atoms with Gasteiger partial charge in [0.1, 0.15) is 11.6 Å². The number of nitrogens with zero attached hydrogens (tertiary/aromatic N) is 2. The zero-order chi connectivity index (χ0) is 13.4. The summed E-state index contributed by atoms with van der Waals surface area (Å²) >= 11 is 6.28. The Morgan fingerprint density at radius 3 is 2.84 bits per heavy atom. The number of fused-ring (bicyclic) bond motifs is 1. The lowest BCUT2D eigenvalue weighted by Crippen LogP contribution is -2.19. The van der Waals surface area contributed by atoms with Gasteiger partial charge in [-0.05, 0) is 37.8 Å². The second kappa shape index (κ2) is 5.04. The molecule has 102 valence electrons. The number of halogens is 1. The third-order valence-electron chi connectivity index (χ3n) is 4.01. The number of ether oxygens (including phenoxy) is 1. The third-order valence-corrected chi connectivity index (χ3v) is 4.20. The summed E-state index contributed by atoms with van der Waals surface area (Å²) in [5, 5.41) is -0.0709. The largest absolute Gasteiger partial charge is 0.497 e. The van der Waals surface area contributed by atoms with Crippen molar-refractivity contribution < 1.29 is 4.74 Å². The molecule has 0 saturated heterocycles. The zero-order valence-corrected chi connectivity index (χ0v) is 12.2. The van der Waals surface area contributed by atoms with E-state index >= 15 is 0 Å². The van der Waals surface area contributed by atoms with Crippen LogP contribution in [0.15, 0.2) is 18.2 Å². The molecule has 4 heteroatoms. The van der Waals surface area contributed by atoms with Crippen LogP contribution in [0.4, 0.5) is 0 Å². The average molecular weight is 279 g/mol. The number of imidazole rings is 1. The molecule has 0 bridgehead atoms. The summed E-state index contributed by atoms with van der Waals surface area (Å²) in [4.78, 5) is 4.68.